The molecule has 0 amide bonds. The Hall–Kier alpha value is -2.25. The second-order valence-electron chi connectivity index (χ2n) is 7.75. The fraction of sp³-hybridized carbons (Fsp3) is 0.455. The summed E-state index contributed by atoms with van der Waals surface area (Å²) >= 11 is 6.35. The van der Waals surface area contributed by atoms with Gasteiger partial charge in [-0.1, -0.05) is 17.7 Å². The van der Waals surface area contributed by atoms with E-state index in [0.717, 1.165) is 29.7 Å². The number of anilines is 1. The number of pyridine rings is 1. The van der Waals surface area contributed by atoms with Gasteiger partial charge in [0.2, 0.25) is 0 Å². The summed E-state index contributed by atoms with van der Waals surface area (Å²) < 4.78 is 31.8. The number of nitrogens with zero attached hydrogens (tertiary/aromatic N) is 4. The molecule has 2 aromatic heterocycles. The van der Waals surface area contributed by atoms with E-state index in [9.17, 15) is 8.78 Å². The smallest absolute Gasteiger partial charge is 0.261 e. The normalized spacial score (nSPS) is 19.3. The fourth-order valence-corrected chi connectivity index (χ4v) is 4.42. The van der Waals surface area contributed by atoms with E-state index in [0.29, 0.717) is 35.0 Å². The van der Waals surface area contributed by atoms with Gasteiger partial charge < -0.3 is 14.2 Å². The lowest BCUT2D eigenvalue weighted by atomic mass is 10.2. The van der Waals surface area contributed by atoms with Gasteiger partial charge in [0.25, 0.3) is 6.43 Å². The van der Waals surface area contributed by atoms with Crippen molar-refractivity contribution in [2.45, 2.75) is 51.7 Å². The van der Waals surface area contributed by atoms with Crippen molar-refractivity contribution in [3.05, 3.63) is 41.6 Å². The lowest BCUT2D eigenvalue weighted by Gasteiger charge is -2.27. The highest BCUT2D eigenvalue weighted by molar-refractivity contribution is 6.35. The van der Waals surface area contributed by atoms with Crippen LogP contribution in [0.3, 0.4) is 0 Å². The summed E-state index contributed by atoms with van der Waals surface area (Å²) in [6.45, 7) is 4.41. The third-order valence-corrected chi connectivity index (χ3v) is 5.96. The second-order valence-corrected chi connectivity index (χ2v) is 8.16. The van der Waals surface area contributed by atoms with Crippen molar-refractivity contribution in [1.82, 2.24) is 14.5 Å². The Bertz CT molecular complexity index is 998. The van der Waals surface area contributed by atoms with E-state index in [2.05, 4.69) is 18.7 Å². The number of fused-ring (bicyclic) bond motifs is 1. The van der Waals surface area contributed by atoms with Crippen molar-refractivity contribution in [3.8, 4) is 11.4 Å². The zero-order valence-electron chi connectivity index (χ0n) is 17.1. The molecule has 0 saturated carbocycles. The van der Waals surface area contributed by atoms with Crippen LogP contribution in [0.4, 0.5) is 14.6 Å². The maximum absolute atomic E-state index is 12.4. The molecular formula is C22H25ClF2N4O. The predicted octanol–water partition coefficient (Wildman–Crippen LogP) is 5.41. The van der Waals surface area contributed by atoms with Gasteiger partial charge in [0.15, 0.2) is 0 Å². The summed E-state index contributed by atoms with van der Waals surface area (Å²) in [7, 11) is 0. The first kappa shape index (κ1) is 21.0. The zero-order chi connectivity index (χ0) is 21.3. The average Bonchev–Trinajstić information content (AvgIpc) is 3.26. The third-order valence-electron chi connectivity index (χ3n) is 5.66. The van der Waals surface area contributed by atoms with Gasteiger partial charge in [-0.05, 0) is 51.0 Å². The summed E-state index contributed by atoms with van der Waals surface area (Å²) in [6.07, 6.45) is 1.67. The van der Waals surface area contributed by atoms with E-state index in [1.807, 2.05) is 35.0 Å². The summed E-state index contributed by atoms with van der Waals surface area (Å²) in [5.74, 6) is 1.65. The lowest BCUT2D eigenvalue weighted by molar-refractivity contribution is 0.0151. The molecule has 0 bridgehead atoms. The number of imidazole rings is 1. The average molecular weight is 435 g/mol. The molecule has 1 fully saturated rings. The maximum Gasteiger partial charge on any atom is 0.261 e. The van der Waals surface area contributed by atoms with Crippen LogP contribution in [0.1, 0.15) is 26.7 Å². The first-order chi connectivity index (χ1) is 14.5. The monoisotopic (exact) mass is 434 g/mol. The maximum atomic E-state index is 12.4. The molecule has 5 nitrogen and oxygen atoms in total. The third kappa shape index (κ3) is 4.14. The molecular weight excluding hydrogens is 410 g/mol. The van der Waals surface area contributed by atoms with Gasteiger partial charge in [-0.25, -0.2) is 18.7 Å². The molecule has 0 spiro atoms. The fourth-order valence-electron chi connectivity index (χ4n) is 4.21. The molecule has 4 rings (SSSR count). The van der Waals surface area contributed by atoms with E-state index >= 15 is 0 Å². The summed E-state index contributed by atoms with van der Waals surface area (Å²) in [5.41, 5.74) is 2.36. The highest BCUT2D eigenvalue weighted by Gasteiger charge is 2.28. The number of hydrogen-bond acceptors (Lipinski definition) is 4. The van der Waals surface area contributed by atoms with Gasteiger partial charge in [0, 0.05) is 30.4 Å². The summed E-state index contributed by atoms with van der Waals surface area (Å²) in [4.78, 5) is 11.8. The molecule has 1 aromatic carbocycles. The Morgan fingerprint density at radius 2 is 1.93 bits per heavy atom. The molecule has 0 unspecified atom stereocenters. The van der Waals surface area contributed by atoms with Crippen LogP contribution >= 0.6 is 11.6 Å². The van der Waals surface area contributed by atoms with E-state index in [4.69, 9.17) is 26.3 Å². The second kappa shape index (κ2) is 8.86. The van der Waals surface area contributed by atoms with E-state index in [1.54, 1.807) is 6.07 Å². The van der Waals surface area contributed by atoms with E-state index < -0.39 is 13.0 Å². The molecule has 3 heterocycles. The quantitative estimate of drug-likeness (QED) is 0.466. The van der Waals surface area contributed by atoms with E-state index in [1.165, 1.54) is 0 Å². The van der Waals surface area contributed by atoms with Gasteiger partial charge >= 0.3 is 0 Å². The lowest BCUT2D eigenvalue weighted by Crippen LogP contribution is -2.33. The van der Waals surface area contributed by atoms with Crippen LogP contribution in [0.2, 0.25) is 5.02 Å². The Morgan fingerprint density at radius 3 is 2.60 bits per heavy atom. The van der Waals surface area contributed by atoms with Crippen LogP contribution in [-0.2, 0) is 11.3 Å². The molecule has 0 radical (unpaired) electrons. The Balaban J connectivity index is 1.65. The molecule has 1 aliphatic heterocycles. The van der Waals surface area contributed by atoms with Crippen molar-refractivity contribution in [1.29, 1.82) is 0 Å². The molecule has 0 aliphatic carbocycles. The number of ether oxygens (including phenoxy) is 1. The number of alkyl halides is 2. The minimum Gasteiger partial charge on any atom is -0.374 e. The van der Waals surface area contributed by atoms with Crippen LogP contribution < -0.4 is 4.90 Å². The Morgan fingerprint density at radius 1 is 1.17 bits per heavy atom. The van der Waals surface area contributed by atoms with Crippen LogP contribution in [0.25, 0.3) is 22.4 Å². The number of aromatic nitrogens is 3. The van der Waals surface area contributed by atoms with Crippen molar-refractivity contribution < 1.29 is 13.5 Å². The van der Waals surface area contributed by atoms with E-state index in [-0.39, 0.29) is 6.61 Å². The number of benzene rings is 1. The first-order valence-electron chi connectivity index (χ1n) is 10.2. The molecule has 1 saturated heterocycles. The highest BCUT2D eigenvalue weighted by Crippen LogP contribution is 2.32. The van der Waals surface area contributed by atoms with Gasteiger partial charge in [-0.3, -0.25) is 0 Å². The number of halogens is 3. The highest BCUT2D eigenvalue weighted by atomic mass is 35.5. The van der Waals surface area contributed by atoms with Crippen molar-refractivity contribution in [2.24, 2.45) is 0 Å². The van der Waals surface area contributed by atoms with Gasteiger partial charge in [-0.2, -0.15) is 0 Å². The van der Waals surface area contributed by atoms with Crippen molar-refractivity contribution >= 4 is 28.5 Å². The van der Waals surface area contributed by atoms with Crippen LogP contribution in [0.5, 0.6) is 0 Å². The van der Waals surface area contributed by atoms with Crippen molar-refractivity contribution in [3.63, 3.8) is 0 Å². The SMILES string of the molecule is C[C@H]1CC[C@H](C)N1c1ccc(-c2nc3c(Cl)cccc3n2CCOCC(F)F)cn1. The Kier molecular flexibility index (Phi) is 6.20. The number of para-hydroxylation sites is 1. The number of hydrogen-bond donors (Lipinski definition) is 0. The van der Waals surface area contributed by atoms with Gasteiger partial charge in [0.05, 0.1) is 17.1 Å². The largest absolute Gasteiger partial charge is 0.374 e. The van der Waals surface area contributed by atoms with Gasteiger partial charge in [0.1, 0.15) is 23.8 Å². The molecule has 160 valence electrons. The molecule has 8 heteroatoms. The minimum absolute atomic E-state index is 0.156. The molecule has 1 aliphatic rings. The Labute approximate surface area is 179 Å². The summed E-state index contributed by atoms with van der Waals surface area (Å²) in [5, 5.41) is 0.547. The molecule has 3 aromatic rings. The van der Waals surface area contributed by atoms with Crippen LogP contribution in [0, 0.1) is 0 Å². The minimum atomic E-state index is -2.48. The van der Waals surface area contributed by atoms with Crippen LogP contribution in [-0.4, -0.2) is 46.3 Å². The molecule has 30 heavy (non-hydrogen) atoms. The number of rotatable bonds is 7. The summed E-state index contributed by atoms with van der Waals surface area (Å²) in [6, 6.07) is 10.5. The van der Waals surface area contributed by atoms with Crippen molar-refractivity contribution in [2.75, 3.05) is 18.1 Å². The first-order valence-corrected chi connectivity index (χ1v) is 10.6. The topological polar surface area (TPSA) is 43.2 Å². The molecule has 0 N–H and O–H groups in total. The molecule has 2 atom stereocenters. The standard InChI is InChI=1S/C22H25ClF2N4O/c1-14-6-7-15(2)29(14)20-9-8-16(12-26-20)22-27-21-17(23)4-3-5-18(21)28(22)10-11-30-13-19(24)25/h3-5,8-9,12,14-15,19H,6-7,10-11,13H2,1-2H3/t14-,15-/m0/s1. The van der Waals surface area contributed by atoms with Gasteiger partial charge in [-0.15, -0.1) is 0 Å². The van der Waals surface area contributed by atoms with Crippen LogP contribution in [0.15, 0.2) is 36.5 Å². The zero-order valence-corrected chi connectivity index (χ0v) is 17.8. The predicted molar refractivity (Wildman–Crippen MR) is 115 cm³/mol.